The van der Waals surface area contributed by atoms with Crippen LogP contribution in [0.25, 0.3) is 0 Å². The van der Waals surface area contributed by atoms with Crippen LogP contribution in [0, 0.1) is 0 Å². The smallest absolute Gasteiger partial charge is 0.247 e. The number of ether oxygens (including phenoxy) is 1. The lowest BCUT2D eigenvalue weighted by Gasteiger charge is -2.20. The Balaban J connectivity index is 2.11. The van der Waals surface area contributed by atoms with Gasteiger partial charge in [0, 0.05) is 17.1 Å². The fraction of sp³-hybridized carbons (Fsp3) is 0.278. The molecule has 0 aromatic heterocycles. The minimum absolute atomic E-state index is 0.0986. The van der Waals surface area contributed by atoms with E-state index in [0.717, 1.165) is 9.87 Å². The van der Waals surface area contributed by atoms with Crippen LogP contribution in [0.5, 0.6) is 5.75 Å². The number of hydrogen-bond acceptors (Lipinski definition) is 4. The van der Waals surface area contributed by atoms with Gasteiger partial charge in [-0.15, -0.1) is 0 Å². The number of sulfonamides is 1. The monoisotopic (exact) mass is 430 g/mol. The number of carbonyl (C=O) groups excluding carboxylic acids is 1. The van der Waals surface area contributed by atoms with Crippen LogP contribution < -0.4 is 10.1 Å². The number of nitrogens with zero attached hydrogens (tertiary/aromatic N) is 1. The summed E-state index contributed by atoms with van der Waals surface area (Å²) in [6.07, 6.45) is 0. The first-order valence-electron chi connectivity index (χ1n) is 8.00. The molecule has 0 spiro atoms. The summed E-state index contributed by atoms with van der Waals surface area (Å²) in [5.74, 6) is -0.286. The van der Waals surface area contributed by atoms with Crippen molar-refractivity contribution in [1.29, 1.82) is 0 Å². The third-order valence-corrected chi connectivity index (χ3v) is 6.24. The molecule has 1 atom stereocenters. The molecule has 0 unspecified atom stereocenters. The molecule has 0 heterocycles. The number of hydrogen-bond donors (Lipinski definition) is 1. The van der Waals surface area contributed by atoms with Crippen molar-refractivity contribution in [3.8, 4) is 5.75 Å². The Bertz CT molecular complexity index is 917. The second-order valence-corrected chi connectivity index (χ2v) is 8.78. The largest absolute Gasteiger partial charge is 0.495 e. The summed E-state index contributed by atoms with van der Waals surface area (Å²) in [6, 6.07) is 11.0. The number of likely N-dealkylation sites (N-methyl/N-ethyl adjacent to an activating group) is 1. The molecule has 0 aliphatic rings. The molecule has 146 valence electrons. The molecule has 9 heteroatoms. The van der Waals surface area contributed by atoms with Crippen LogP contribution in [0.1, 0.15) is 18.5 Å². The van der Waals surface area contributed by atoms with Crippen molar-refractivity contribution in [1.82, 2.24) is 9.62 Å². The zero-order chi connectivity index (χ0) is 20.2. The lowest BCUT2D eigenvalue weighted by Crippen LogP contribution is -2.39. The van der Waals surface area contributed by atoms with Gasteiger partial charge < -0.3 is 10.1 Å². The van der Waals surface area contributed by atoms with Gasteiger partial charge in [0.25, 0.3) is 0 Å². The van der Waals surface area contributed by atoms with Crippen molar-refractivity contribution in [2.24, 2.45) is 0 Å². The van der Waals surface area contributed by atoms with E-state index in [4.69, 9.17) is 27.9 Å². The van der Waals surface area contributed by atoms with Gasteiger partial charge in [-0.2, -0.15) is 4.31 Å². The van der Waals surface area contributed by atoms with Crippen LogP contribution >= 0.6 is 23.2 Å². The maximum atomic E-state index is 12.8. The van der Waals surface area contributed by atoms with Gasteiger partial charge >= 0.3 is 0 Å². The first kappa shape index (κ1) is 21.5. The first-order chi connectivity index (χ1) is 12.6. The molecule has 2 rings (SSSR count). The van der Waals surface area contributed by atoms with Gasteiger partial charge in [0.15, 0.2) is 0 Å². The van der Waals surface area contributed by atoms with E-state index < -0.39 is 15.9 Å². The normalized spacial score (nSPS) is 12.7. The number of amides is 1. The highest BCUT2D eigenvalue weighted by molar-refractivity contribution is 7.89. The van der Waals surface area contributed by atoms with Gasteiger partial charge in [0.2, 0.25) is 15.9 Å². The Morgan fingerprint density at radius 3 is 2.33 bits per heavy atom. The molecule has 2 aromatic carbocycles. The van der Waals surface area contributed by atoms with E-state index in [9.17, 15) is 13.2 Å². The quantitative estimate of drug-likeness (QED) is 0.728. The fourth-order valence-corrected chi connectivity index (χ4v) is 4.10. The number of benzene rings is 2. The van der Waals surface area contributed by atoms with Crippen molar-refractivity contribution >= 4 is 39.1 Å². The average molecular weight is 431 g/mol. The third kappa shape index (κ3) is 5.35. The topological polar surface area (TPSA) is 75.7 Å². The maximum Gasteiger partial charge on any atom is 0.247 e. The average Bonchev–Trinajstić information content (AvgIpc) is 2.61. The fourth-order valence-electron chi connectivity index (χ4n) is 2.43. The van der Waals surface area contributed by atoms with Crippen molar-refractivity contribution in [2.75, 3.05) is 20.7 Å². The van der Waals surface area contributed by atoms with E-state index in [0.29, 0.717) is 5.02 Å². The van der Waals surface area contributed by atoms with Crippen molar-refractivity contribution < 1.29 is 17.9 Å². The second-order valence-electron chi connectivity index (χ2n) is 5.90. The zero-order valence-corrected chi connectivity index (χ0v) is 17.4. The molecule has 0 saturated heterocycles. The first-order valence-corrected chi connectivity index (χ1v) is 10.2. The van der Waals surface area contributed by atoms with Gasteiger partial charge in [0.1, 0.15) is 10.6 Å². The van der Waals surface area contributed by atoms with Gasteiger partial charge in [-0.25, -0.2) is 8.42 Å². The van der Waals surface area contributed by atoms with Gasteiger partial charge in [-0.3, -0.25) is 4.79 Å². The molecular weight excluding hydrogens is 411 g/mol. The van der Waals surface area contributed by atoms with E-state index in [1.807, 2.05) is 0 Å². The Kier molecular flexibility index (Phi) is 7.11. The summed E-state index contributed by atoms with van der Waals surface area (Å²) >= 11 is 11.8. The molecule has 0 radical (unpaired) electrons. The van der Waals surface area contributed by atoms with Crippen molar-refractivity contribution in [3.63, 3.8) is 0 Å². The van der Waals surface area contributed by atoms with E-state index in [-0.39, 0.29) is 28.3 Å². The number of carbonyl (C=O) groups is 1. The predicted octanol–water partition coefficient (Wildman–Crippen LogP) is 3.50. The van der Waals surface area contributed by atoms with E-state index in [1.165, 1.54) is 32.4 Å². The molecule has 27 heavy (non-hydrogen) atoms. The standard InChI is InChI=1S/C18H20Cl2N2O4S/c1-12(13-4-6-14(19)7-5-13)21-18(23)11-22(2)27(24,25)17-10-15(20)8-9-16(17)26-3/h4-10,12H,11H2,1-3H3,(H,21,23)/t12-/m1/s1. The molecule has 0 fully saturated rings. The summed E-state index contributed by atoms with van der Waals surface area (Å²) in [6.45, 7) is 1.45. The Labute approximate surface area is 169 Å². The van der Waals surface area contributed by atoms with Crippen LogP contribution in [0.4, 0.5) is 0 Å². The summed E-state index contributed by atoms with van der Waals surface area (Å²) in [4.78, 5) is 12.2. The summed E-state index contributed by atoms with van der Waals surface area (Å²) < 4.78 is 31.6. The molecule has 1 amide bonds. The highest BCUT2D eigenvalue weighted by Crippen LogP contribution is 2.29. The molecule has 6 nitrogen and oxygen atoms in total. The molecule has 0 aliphatic carbocycles. The molecule has 0 bridgehead atoms. The van der Waals surface area contributed by atoms with Crippen LogP contribution in [0.3, 0.4) is 0 Å². The number of halogens is 2. The van der Waals surface area contributed by atoms with Gasteiger partial charge in [-0.1, -0.05) is 35.3 Å². The van der Waals surface area contributed by atoms with E-state index in [2.05, 4.69) is 5.32 Å². The Hall–Kier alpha value is -1.80. The number of nitrogens with one attached hydrogen (secondary N) is 1. The molecule has 0 aliphatic heterocycles. The second kappa shape index (κ2) is 8.93. The number of rotatable bonds is 7. The highest BCUT2D eigenvalue weighted by Gasteiger charge is 2.27. The van der Waals surface area contributed by atoms with E-state index >= 15 is 0 Å². The minimum Gasteiger partial charge on any atom is -0.495 e. The molecular formula is C18H20Cl2N2O4S. The third-order valence-electron chi connectivity index (χ3n) is 3.93. The van der Waals surface area contributed by atoms with Crippen LogP contribution in [0.2, 0.25) is 10.0 Å². The summed E-state index contributed by atoms with van der Waals surface area (Å²) in [5.41, 5.74) is 0.856. The predicted molar refractivity (Wildman–Crippen MR) is 106 cm³/mol. The lowest BCUT2D eigenvalue weighted by atomic mass is 10.1. The summed E-state index contributed by atoms with van der Waals surface area (Å²) in [7, 11) is -1.27. The molecule has 2 aromatic rings. The maximum absolute atomic E-state index is 12.8. The Morgan fingerprint density at radius 1 is 1.15 bits per heavy atom. The lowest BCUT2D eigenvalue weighted by molar-refractivity contribution is -0.121. The van der Waals surface area contributed by atoms with E-state index in [1.54, 1.807) is 31.2 Å². The van der Waals surface area contributed by atoms with Crippen LogP contribution in [0.15, 0.2) is 47.4 Å². The SMILES string of the molecule is COc1ccc(Cl)cc1S(=O)(=O)N(C)CC(=O)N[C@H](C)c1ccc(Cl)cc1. The minimum atomic E-state index is -3.96. The molecule has 1 N–H and O–H groups in total. The van der Waals surface area contributed by atoms with Crippen molar-refractivity contribution in [2.45, 2.75) is 17.9 Å². The van der Waals surface area contributed by atoms with Gasteiger partial charge in [-0.05, 0) is 42.8 Å². The van der Waals surface area contributed by atoms with Gasteiger partial charge in [0.05, 0.1) is 19.7 Å². The summed E-state index contributed by atoms with van der Waals surface area (Å²) in [5, 5.41) is 3.61. The Morgan fingerprint density at radius 2 is 1.74 bits per heavy atom. The zero-order valence-electron chi connectivity index (χ0n) is 15.1. The van der Waals surface area contributed by atoms with Crippen LogP contribution in [-0.2, 0) is 14.8 Å². The number of methoxy groups -OCH3 is 1. The molecule has 0 saturated carbocycles. The van der Waals surface area contributed by atoms with Crippen LogP contribution in [-0.4, -0.2) is 39.3 Å². The highest BCUT2D eigenvalue weighted by atomic mass is 35.5. The van der Waals surface area contributed by atoms with Crippen molar-refractivity contribution in [3.05, 3.63) is 58.1 Å².